The van der Waals surface area contributed by atoms with Gasteiger partial charge in [-0.15, -0.1) is 0 Å². The normalized spacial score (nSPS) is 21.2. The second-order valence-electron chi connectivity index (χ2n) is 8.98. The highest BCUT2D eigenvalue weighted by Crippen LogP contribution is 2.28. The Labute approximate surface area is 214 Å². The summed E-state index contributed by atoms with van der Waals surface area (Å²) in [5, 5.41) is 4.91. The summed E-state index contributed by atoms with van der Waals surface area (Å²) in [6.07, 6.45) is 0. The van der Waals surface area contributed by atoms with Crippen molar-refractivity contribution < 1.29 is 23.9 Å². The molecule has 3 aliphatic heterocycles. The van der Waals surface area contributed by atoms with Crippen LogP contribution in [-0.4, -0.2) is 86.0 Å². The molecule has 2 fully saturated rings. The molecule has 1 unspecified atom stereocenters. The number of methoxy groups -OCH3 is 1. The summed E-state index contributed by atoms with van der Waals surface area (Å²) in [5.41, 5.74) is 1.29. The zero-order chi connectivity index (χ0) is 26.0. The lowest BCUT2D eigenvalue weighted by molar-refractivity contribution is -0.122. The molecule has 0 saturated carbocycles. The Morgan fingerprint density at radius 3 is 2.68 bits per heavy atom. The van der Waals surface area contributed by atoms with Crippen molar-refractivity contribution in [2.75, 3.05) is 47.0 Å². The van der Waals surface area contributed by atoms with E-state index >= 15 is 0 Å². The van der Waals surface area contributed by atoms with Gasteiger partial charge in [0.2, 0.25) is 5.54 Å². The minimum absolute atomic E-state index is 0.0947. The molecule has 1 atom stereocenters. The third-order valence-electron chi connectivity index (χ3n) is 6.63. The number of aliphatic imine (C=N–C) groups is 1. The molecule has 0 bridgehead atoms. The number of nitrogens with one attached hydrogen (secondary N) is 2. The Bertz CT molecular complexity index is 1350. The first kappa shape index (κ1) is 24.3. The summed E-state index contributed by atoms with van der Waals surface area (Å²) in [4.78, 5) is 46.3. The molecule has 2 aromatic carbocycles. The molecular weight excluding hydrogens is 474 g/mol. The lowest BCUT2D eigenvalue weighted by Gasteiger charge is -2.30. The van der Waals surface area contributed by atoms with Gasteiger partial charge in [-0.1, -0.05) is 30.0 Å². The topological polar surface area (TPSA) is 113 Å². The lowest BCUT2D eigenvalue weighted by atomic mass is 9.98. The van der Waals surface area contributed by atoms with Gasteiger partial charge in [0.05, 0.1) is 26.9 Å². The number of morpholine rings is 1. The minimum Gasteiger partial charge on any atom is -0.497 e. The third kappa shape index (κ3) is 4.73. The Balaban J connectivity index is 1.42. The summed E-state index contributed by atoms with van der Waals surface area (Å²) in [7, 11) is 3.28. The summed E-state index contributed by atoms with van der Waals surface area (Å²) in [6.45, 7) is 2.98. The van der Waals surface area contributed by atoms with Crippen molar-refractivity contribution in [2.45, 2.75) is 12.1 Å². The molecule has 10 heteroatoms. The fourth-order valence-corrected chi connectivity index (χ4v) is 4.75. The summed E-state index contributed by atoms with van der Waals surface area (Å²) < 4.78 is 10.7. The molecule has 37 heavy (non-hydrogen) atoms. The maximum Gasteiger partial charge on any atom is 0.323 e. The van der Waals surface area contributed by atoms with Crippen LogP contribution in [0, 0.1) is 11.8 Å². The van der Waals surface area contributed by atoms with Crippen LogP contribution in [0.5, 0.6) is 5.75 Å². The van der Waals surface area contributed by atoms with Crippen molar-refractivity contribution in [3.63, 3.8) is 0 Å². The first-order valence-corrected chi connectivity index (χ1v) is 12.0. The van der Waals surface area contributed by atoms with Gasteiger partial charge >= 0.3 is 6.03 Å². The molecule has 3 heterocycles. The van der Waals surface area contributed by atoms with Crippen molar-refractivity contribution in [2.24, 2.45) is 4.99 Å². The van der Waals surface area contributed by atoms with Gasteiger partial charge < -0.3 is 24.6 Å². The monoisotopic (exact) mass is 501 g/mol. The number of hydrogen-bond acceptors (Lipinski definition) is 6. The van der Waals surface area contributed by atoms with Crippen LogP contribution in [0.15, 0.2) is 47.5 Å². The number of nitrogens with zero attached hydrogens (tertiary/aromatic N) is 3. The second kappa shape index (κ2) is 9.95. The van der Waals surface area contributed by atoms with Crippen molar-refractivity contribution in [3.05, 3.63) is 64.7 Å². The predicted molar refractivity (Wildman–Crippen MR) is 135 cm³/mol. The fourth-order valence-electron chi connectivity index (χ4n) is 4.75. The lowest BCUT2D eigenvalue weighted by Crippen LogP contribution is -2.54. The Kier molecular flexibility index (Phi) is 6.54. The molecule has 2 N–H and O–H groups in total. The zero-order valence-electron chi connectivity index (χ0n) is 20.7. The van der Waals surface area contributed by atoms with Gasteiger partial charge in [-0.2, -0.15) is 0 Å². The van der Waals surface area contributed by atoms with Crippen LogP contribution in [0.25, 0.3) is 0 Å². The number of benzene rings is 2. The molecule has 0 radical (unpaired) electrons. The van der Waals surface area contributed by atoms with E-state index in [1.807, 2.05) is 30.3 Å². The van der Waals surface area contributed by atoms with Crippen LogP contribution >= 0.6 is 0 Å². The SMILES string of the molecule is CN=C(c1cccc(C#CC2(CN3Cc4ccc(OC)cc4C3=O)NC(=O)NC2=O)c1)N1CCOCC1. The number of amides is 4. The van der Waals surface area contributed by atoms with E-state index in [0.29, 0.717) is 36.6 Å². The van der Waals surface area contributed by atoms with E-state index in [4.69, 9.17) is 9.47 Å². The Morgan fingerprint density at radius 2 is 1.97 bits per heavy atom. The smallest absolute Gasteiger partial charge is 0.323 e. The number of rotatable bonds is 4. The zero-order valence-corrected chi connectivity index (χ0v) is 20.7. The van der Waals surface area contributed by atoms with Crippen LogP contribution in [0.4, 0.5) is 4.79 Å². The summed E-state index contributed by atoms with van der Waals surface area (Å²) >= 11 is 0. The van der Waals surface area contributed by atoms with E-state index in [0.717, 1.165) is 30.1 Å². The predicted octanol–water partition coefficient (Wildman–Crippen LogP) is 0.990. The average Bonchev–Trinajstić information content (AvgIpc) is 3.38. The standard InChI is InChI=1S/C27H27N5O5/c1-28-23(31-10-12-37-13-11-31)19-5-3-4-18(14-19)8-9-27(25(34)29-26(35)30-27)17-32-16-20-6-7-21(36-2)15-22(20)24(32)33/h3-7,14-15H,10-13,16-17H2,1-2H3,(H2,29,30,34,35). The maximum absolute atomic E-state index is 13.1. The largest absolute Gasteiger partial charge is 0.497 e. The molecule has 0 aromatic heterocycles. The minimum atomic E-state index is -1.58. The van der Waals surface area contributed by atoms with Crippen LogP contribution in [0.2, 0.25) is 0 Å². The highest BCUT2D eigenvalue weighted by Gasteiger charge is 2.48. The van der Waals surface area contributed by atoms with Crippen molar-refractivity contribution in [1.29, 1.82) is 0 Å². The van der Waals surface area contributed by atoms with Crippen LogP contribution < -0.4 is 15.4 Å². The number of hydrogen-bond donors (Lipinski definition) is 2. The van der Waals surface area contributed by atoms with E-state index in [-0.39, 0.29) is 12.5 Å². The number of carbonyl (C=O) groups is 3. The van der Waals surface area contributed by atoms with Gasteiger partial charge in [0.1, 0.15) is 11.6 Å². The van der Waals surface area contributed by atoms with E-state index in [1.54, 1.807) is 19.2 Å². The quantitative estimate of drug-likeness (QED) is 0.280. The van der Waals surface area contributed by atoms with Gasteiger partial charge in [0, 0.05) is 43.4 Å². The van der Waals surface area contributed by atoms with E-state index in [9.17, 15) is 14.4 Å². The van der Waals surface area contributed by atoms with Gasteiger partial charge in [-0.05, 0) is 29.8 Å². The van der Waals surface area contributed by atoms with E-state index < -0.39 is 17.5 Å². The fraction of sp³-hybridized carbons (Fsp3) is 0.333. The molecule has 0 aliphatic carbocycles. The van der Waals surface area contributed by atoms with Crippen LogP contribution in [-0.2, 0) is 16.1 Å². The number of amidine groups is 1. The molecule has 10 nitrogen and oxygen atoms in total. The first-order chi connectivity index (χ1) is 17.9. The molecule has 2 aromatic rings. The maximum atomic E-state index is 13.1. The average molecular weight is 502 g/mol. The van der Waals surface area contributed by atoms with Crippen LogP contribution in [0.1, 0.15) is 27.0 Å². The molecular formula is C27H27N5O5. The number of urea groups is 1. The molecule has 5 rings (SSSR count). The summed E-state index contributed by atoms with van der Waals surface area (Å²) in [5.74, 6) is 6.58. The summed E-state index contributed by atoms with van der Waals surface area (Å²) in [6, 6.07) is 12.2. The molecule has 190 valence electrons. The van der Waals surface area contributed by atoms with Crippen LogP contribution in [0.3, 0.4) is 0 Å². The molecule has 2 saturated heterocycles. The number of ether oxygens (including phenoxy) is 2. The second-order valence-corrected chi connectivity index (χ2v) is 8.98. The van der Waals surface area contributed by atoms with Gasteiger partial charge in [0.25, 0.3) is 11.8 Å². The van der Waals surface area contributed by atoms with Crippen molar-refractivity contribution >= 4 is 23.7 Å². The Morgan fingerprint density at radius 1 is 1.16 bits per heavy atom. The molecule has 3 aliphatic rings. The van der Waals surface area contributed by atoms with Gasteiger partial charge in [-0.3, -0.25) is 19.9 Å². The van der Waals surface area contributed by atoms with Gasteiger partial charge in [-0.25, -0.2) is 4.79 Å². The molecule has 0 spiro atoms. The first-order valence-electron chi connectivity index (χ1n) is 12.0. The number of imide groups is 1. The van der Waals surface area contributed by atoms with E-state index in [2.05, 4.69) is 32.4 Å². The Hall–Kier alpha value is -4.36. The highest BCUT2D eigenvalue weighted by molar-refractivity contribution is 6.10. The third-order valence-corrected chi connectivity index (χ3v) is 6.63. The van der Waals surface area contributed by atoms with Crippen molar-refractivity contribution in [1.82, 2.24) is 20.4 Å². The molecule has 4 amide bonds. The van der Waals surface area contributed by atoms with Gasteiger partial charge in [0.15, 0.2) is 0 Å². The number of carbonyl (C=O) groups excluding carboxylic acids is 3. The number of fused-ring (bicyclic) bond motifs is 1. The van der Waals surface area contributed by atoms with Crippen molar-refractivity contribution in [3.8, 4) is 17.6 Å². The highest BCUT2D eigenvalue weighted by atomic mass is 16.5. The van der Waals surface area contributed by atoms with E-state index in [1.165, 1.54) is 12.0 Å².